The molecule has 1 rings (SSSR count). The van der Waals surface area contributed by atoms with Crippen molar-refractivity contribution in [2.75, 3.05) is 0 Å². The van der Waals surface area contributed by atoms with Crippen LogP contribution in [0.25, 0.3) is 0 Å². The smallest absolute Gasteiger partial charge is 0.0622 e. The van der Waals surface area contributed by atoms with Gasteiger partial charge in [-0.3, -0.25) is 0 Å². The highest BCUT2D eigenvalue weighted by atomic mass is 13.8. The van der Waals surface area contributed by atoms with Gasteiger partial charge in [0, 0.05) is 0 Å². The first-order chi connectivity index (χ1) is 3.39. The molecule has 42 valence electrons. The summed E-state index contributed by atoms with van der Waals surface area (Å²) in [6.07, 6.45) is 0. The minimum atomic E-state index is 0. The molecule has 0 saturated carbocycles. The quantitative estimate of drug-likeness (QED) is 0.429. The molecule has 0 heterocycles. The zero-order valence-electron chi connectivity index (χ0n) is 4.39. The van der Waals surface area contributed by atoms with Crippen molar-refractivity contribution in [3.63, 3.8) is 0 Å². The molecule has 0 nitrogen and oxygen atoms in total. The van der Waals surface area contributed by atoms with Gasteiger partial charge in [0.05, 0.1) is 8.41 Å². The standard InChI is InChI=1S/C7H8.BH3/c1-7-5-3-2-4-6-7;/h2-6H,1H3;1H3. The summed E-state index contributed by atoms with van der Waals surface area (Å²) < 4.78 is 0. The van der Waals surface area contributed by atoms with Crippen molar-refractivity contribution >= 4 is 8.41 Å². The van der Waals surface area contributed by atoms with Crippen molar-refractivity contribution in [2.45, 2.75) is 6.92 Å². The highest BCUT2D eigenvalue weighted by Crippen LogP contribution is 1.92. The summed E-state index contributed by atoms with van der Waals surface area (Å²) >= 11 is 0. The first kappa shape index (κ1) is 7.28. The van der Waals surface area contributed by atoms with E-state index in [4.69, 9.17) is 0 Å². The van der Waals surface area contributed by atoms with E-state index in [9.17, 15) is 0 Å². The van der Waals surface area contributed by atoms with Gasteiger partial charge in [0.1, 0.15) is 0 Å². The van der Waals surface area contributed by atoms with E-state index in [0.717, 1.165) is 0 Å². The van der Waals surface area contributed by atoms with Gasteiger partial charge in [-0.25, -0.2) is 0 Å². The molecule has 1 aromatic carbocycles. The third kappa shape index (κ3) is 1.83. The Labute approximate surface area is 52.1 Å². The maximum absolute atomic E-state index is 2.08. The Morgan fingerprint density at radius 3 is 1.75 bits per heavy atom. The Bertz CT molecular complexity index is 134. The van der Waals surface area contributed by atoms with Crippen molar-refractivity contribution in [2.24, 2.45) is 0 Å². The molecule has 0 N–H and O–H groups in total. The van der Waals surface area contributed by atoms with Crippen LogP contribution in [0.15, 0.2) is 30.3 Å². The molecule has 0 fully saturated rings. The maximum Gasteiger partial charge on any atom is 0.0814 e. The molecule has 1 heteroatoms. The van der Waals surface area contributed by atoms with Gasteiger partial charge in [-0.05, 0) is 6.92 Å². The van der Waals surface area contributed by atoms with E-state index in [0.29, 0.717) is 0 Å². The SMILES string of the molecule is B.Cc1ccccc1. The van der Waals surface area contributed by atoms with Crippen LogP contribution in [-0.4, -0.2) is 8.41 Å². The lowest BCUT2D eigenvalue weighted by molar-refractivity contribution is 1.48. The molecule has 0 bridgehead atoms. The Morgan fingerprint density at radius 2 is 1.50 bits per heavy atom. The van der Waals surface area contributed by atoms with Gasteiger partial charge >= 0.3 is 0 Å². The van der Waals surface area contributed by atoms with Crippen LogP contribution in [0.1, 0.15) is 5.56 Å². The molecule has 0 aliphatic carbocycles. The summed E-state index contributed by atoms with van der Waals surface area (Å²) in [7, 11) is 0. The largest absolute Gasteiger partial charge is 0.0814 e. The average molecular weight is 106 g/mol. The summed E-state index contributed by atoms with van der Waals surface area (Å²) in [4.78, 5) is 0. The molecule has 1 aromatic rings. The van der Waals surface area contributed by atoms with E-state index in [2.05, 4.69) is 19.1 Å². The van der Waals surface area contributed by atoms with Crippen LogP contribution in [0.5, 0.6) is 0 Å². The van der Waals surface area contributed by atoms with Crippen LogP contribution in [0.3, 0.4) is 0 Å². The third-order valence-electron chi connectivity index (χ3n) is 0.940. The molecular weight excluding hydrogens is 94.9 g/mol. The number of hydrogen-bond donors (Lipinski definition) is 0. The van der Waals surface area contributed by atoms with Gasteiger partial charge in [0.15, 0.2) is 0 Å². The zero-order chi connectivity index (χ0) is 5.11. The van der Waals surface area contributed by atoms with Gasteiger partial charge in [0.25, 0.3) is 0 Å². The average Bonchev–Trinajstić information content (AvgIpc) is 1.69. The fourth-order valence-electron chi connectivity index (χ4n) is 0.534. The van der Waals surface area contributed by atoms with Gasteiger partial charge in [0.2, 0.25) is 0 Å². The summed E-state index contributed by atoms with van der Waals surface area (Å²) in [5.74, 6) is 0. The Balaban J connectivity index is 0.000000490. The summed E-state index contributed by atoms with van der Waals surface area (Å²) in [6.45, 7) is 2.08. The fraction of sp³-hybridized carbons (Fsp3) is 0.143. The fourth-order valence-corrected chi connectivity index (χ4v) is 0.534. The molecular formula is C7H11B. The normalized spacial score (nSPS) is 7.62. The monoisotopic (exact) mass is 106 g/mol. The second-order valence-electron chi connectivity index (χ2n) is 1.65. The van der Waals surface area contributed by atoms with Gasteiger partial charge in [-0.15, -0.1) is 0 Å². The van der Waals surface area contributed by atoms with E-state index >= 15 is 0 Å². The molecule has 0 atom stereocenters. The highest BCUT2D eigenvalue weighted by Gasteiger charge is 1.72. The van der Waals surface area contributed by atoms with Crippen molar-refractivity contribution in [1.82, 2.24) is 0 Å². The van der Waals surface area contributed by atoms with Crippen LogP contribution in [0.4, 0.5) is 0 Å². The summed E-state index contributed by atoms with van der Waals surface area (Å²) in [5, 5.41) is 0. The summed E-state index contributed by atoms with van der Waals surface area (Å²) in [5.41, 5.74) is 1.32. The van der Waals surface area contributed by atoms with Gasteiger partial charge in [-0.2, -0.15) is 0 Å². The van der Waals surface area contributed by atoms with E-state index in [-0.39, 0.29) is 8.41 Å². The lowest BCUT2D eigenvalue weighted by atomic mass is 10.2. The zero-order valence-corrected chi connectivity index (χ0v) is 4.39. The lowest BCUT2D eigenvalue weighted by Crippen LogP contribution is -1.62. The van der Waals surface area contributed by atoms with Gasteiger partial charge < -0.3 is 0 Å². The molecule has 0 amide bonds. The molecule has 0 saturated heterocycles. The molecule has 8 heavy (non-hydrogen) atoms. The molecule has 0 radical (unpaired) electrons. The van der Waals surface area contributed by atoms with Crippen LogP contribution >= 0.6 is 0 Å². The topological polar surface area (TPSA) is 0 Å². The van der Waals surface area contributed by atoms with Crippen molar-refractivity contribution in [1.29, 1.82) is 0 Å². The number of benzene rings is 1. The molecule has 0 aliphatic heterocycles. The first-order valence-electron chi connectivity index (χ1n) is 2.41. The van der Waals surface area contributed by atoms with Crippen LogP contribution in [0.2, 0.25) is 0 Å². The third-order valence-corrected chi connectivity index (χ3v) is 0.940. The second-order valence-corrected chi connectivity index (χ2v) is 1.65. The number of rotatable bonds is 0. The lowest BCUT2D eigenvalue weighted by Gasteiger charge is -1.82. The Hall–Kier alpha value is -0.715. The van der Waals surface area contributed by atoms with Crippen molar-refractivity contribution < 1.29 is 0 Å². The summed E-state index contributed by atoms with van der Waals surface area (Å²) in [6, 6.07) is 10.3. The van der Waals surface area contributed by atoms with Gasteiger partial charge in [-0.1, -0.05) is 35.9 Å². The highest BCUT2D eigenvalue weighted by molar-refractivity contribution is 5.75. The Kier molecular flexibility index (Phi) is 3.01. The number of aryl methyl sites for hydroxylation is 1. The van der Waals surface area contributed by atoms with E-state index < -0.39 is 0 Å². The Morgan fingerprint density at radius 1 is 1.00 bits per heavy atom. The van der Waals surface area contributed by atoms with E-state index in [1.165, 1.54) is 5.56 Å². The van der Waals surface area contributed by atoms with Crippen LogP contribution in [-0.2, 0) is 0 Å². The van der Waals surface area contributed by atoms with E-state index in [1.54, 1.807) is 0 Å². The van der Waals surface area contributed by atoms with E-state index in [1.807, 2.05) is 18.2 Å². The molecule has 0 aliphatic rings. The first-order valence-corrected chi connectivity index (χ1v) is 2.41. The second kappa shape index (κ2) is 3.31. The molecule has 0 aromatic heterocycles. The predicted molar refractivity (Wildman–Crippen MR) is 41.1 cm³/mol. The molecule has 0 unspecified atom stereocenters. The van der Waals surface area contributed by atoms with Crippen LogP contribution < -0.4 is 0 Å². The minimum absolute atomic E-state index is 0. The maximum atomic E-state index is 2.08. The van der Waals surface area contributed by atoms with Crippen molar-refractivity contribution in [3.05, 3.63) is 35.9 Å². The van der Waals surface area contributed by atoms with Crippen LogP contribution in [0, 0.1) is 6.92 Å². The van der Waals surface area contributed by atoms with Crippen molar-refractivity contribution in [3.8, 4) is 0 Å². The predicted octanol–water partition coefficient (Wildman–Crippen LogP) is 0.811. The minimum Gasteiger partial charge on any atom is -0.0622 e. The molecule has 0 spiro atoms. The number of hydrogen-bond acceptors (Lipinski definition) is 0.